The molecule has 2 rings (SSSR count). The van der Waals surface area contributed by atoms with Gasteiger partial charge in [0.1, 0.15) is 0 Å². The van der Waals surface area contributed by atoms with Crippen molar-refractivity contribution >= 4 is 29.0 Å². The highest BCUT2D eigenvalue weighted by atomic mass is 32.2. The van der Waals surface area contributed by atoms with Crippen molar-refractivity contribution in [2.75, 3.05) is 5.75 Å². The normalized spacial score (nSPS) is 12.9. The van der Waals surface area contributed by atoms with Gasteiger partial charge >= 0.3 is 0 Å². The number of carbonyl (C=O) groups excluding carboxylic acids is 1. The number of hydrogen-bond donors (Lipinski definition) is 1. The first kappa shape index (κ1) is 17.1. The van der Waals surface area contributed by atoms with Gasteiger partial charge in [-0.1, -0.05) is 39.0 Å². The van der Waals surface area contributed by atoms with Crippen LogP contribution in [0.1, 0.15) is 44.2 Å². The molecule has 0 aliphatic heterocycles. The van der Waals surface area contributed by atoms with Crippen LogP contribution in [0.4, 0.5) is 0 Å². The van der Waals surface area contributed by atoms with Crippen molar-refractivity contribution in [2.24, 2.45) is 0 Å². The lowest BCUT2D eigenvalue weighted by Crippen LogP contribution is -2.27. The number of amides is 1. The van der Waals surface area contributed by atoms with Gasteiger partial charge in [0.05, 0.1) is 11.8 Å². The molecule has 0 saturated carbocycles. The molecule has 0 aliphatic rings. The van der Waals surface area contributed by atoms with Crippen molar-refractivity contribution in [2.45, 2.75) is 44.0 Å². The van der Waals surface area contributed by atoms with Crippen LogP contribution in [0, 0.1) is 0 Å². The van der Waals surface area contributed by atoms with Gasteiger partial charge in [0.2, 0.25) is 5.91 Å². The van der Waals surface area contributed by atoms with Crippen LogP contribution in [0.5, 0.6) is 0 Å². The van der Waals surface area contributed by atoms with Gasteiger partial charge in [-0.15, -0.1) is 23.1 Å². The Morgan fingerprint density at radius 1 is 1.23 bits per heavy atom. The highest BCUT2D eigenvalue weighted by Gasteiger charge is 2.14. The smallest absolute Gasteiger partial charge is 0.230 e. The molecule has 2 aromatic rings. The quantitative estimate of drug-likeness (QED) is 0.779. The van der Waals surface area contributed by atoms with E-state index in [9.17, 15) is 4.79 Å². The summed E-state index contributed by atoms with van der Waals surface area (Å²) in [5.74, 6) is 0.524. The van der Waals surface area contributed by atoms with E-state index in [1.165, 1.54) is 10.4 Å². The molecule has 0 fully saturated rings. The average Bonchev–Trinajstić information content (AvgIpc) is 2.99. The molecule has 0 bridgehead atoms. The molecule has 0 unspecified atom stereocenters. The lowest BCUT2D eigenvalue weighted by atomic mass is 9.87. The zero-order chi connectivity index (χ0) is 16.2. The third kappa shape index (κ3) is 4.89. The first-order valence-electron chi connectivity index (χ1n) is 7.42. The fourth-order valence-electron chi connectivity index (χ4n) is 2.09. The number of thioether (sulfide) groups is 1. The molecular weight excluding hydrogens is 310 g/mol. The summed E-state index contributed by atoms with van der Waals surface area (Å²) in [6, 6.07) is 12.6. The molecule has 2 nitrogen and oxygen atoms in total. The molecule has 1 amide bonds. The summed E-state index contributed by atoms with van der Waals surface area (Å²) in [5, 5.41) is 5.07. The fraction of sp³-hybridized carbons (Fsp3) is 0.389. The van der Waals surface area contributed by atoms with Gasteiger partial charge in [-0.2, -0.15) is 0 Å². The average molecular weight is 334 g/mol. The SMILES string of the molecule is C[C@@H](NC(=O)CSc1ccc(C(C)(C)C)cc1)c1cccs1. The van der Waals surface area contributed by atoms with E-state index in [0.29, 0.717) is 5.75 Å². The predicted molar refractivity (Wildman–Crippen MR) is 96.7 cm³/mol. The van der Waals surface area contributed by atoms with E-state index in [-0.39, 0.29) is 17.4 Å². The molecule has 0 saturated heterocycles. The minimum atomic E-state index is 0.0748. The second-order valence-electron chi connectivity index (χ2n) is 6.37. The summed E-state index contributed by atoms with van der Waals surface area (Å²) < 4.78 is 0. The van der Waals surface area contributed by atoms with Crippen LogP contribution in [-0.2, 0) is 10.2 Å². The standard InChI is InChI=1S/C18H23NOS2/c1-13(16-6-5-11-21-16)19-17(20)12-22-15-9-7-14(8-10-15)18(2,3)4/h5-11,13H,12H2,1-4H3,(H,19,20)/t13-/m1/s1. The Balaban J connectivity index is 1.83. The summed E-state index contributed by atoms with van der Waals surface area (Å²) in [6.07, 6.45) is 0. The van der Waals surface area contributed by atoms with Gasteiger partial charge < -0.3 is 5.32 Å². The molecule has 22 heavy (non-hydrogen) atoms. The second kappa shape index (κ2) is 7.34. The van der Waals surface area contributed by atoms with Gasteiger partial charge in [-0.25, -0.2) is 0 Å². The summed E-state index contributed by atoms with van der Waals surface area (Å²) >= 11 is 3.25. The van der Waals surface area contributed by atoms with Gasteiger partial charge in [-0.05, 0) is 41.5 Å². The molecule has 0 aliphatic carbocycles. The van der Waals surface area contributed by atoms with Crippen LogP contribution >= 0.6 is 23.1 Å². The second-order valence-corrected chi connectivity index (χ2v) is 8.40. The third-order valence-electron chi connectivity index (χ3n) is 3.44. The van der Waals surface area contributed by atoms with E-state index < -0.39 is 0 Å². The minimum Gasteiger partial charge on any atom is -0.348 e. The summed E-state index contributed by atoms with van der Waals surface area (Å²) in [5.41, 5.74) is 1.48. The maximum atomic E-state index is 12.0. The molecule has 0 radical (unpaired) electrons. The fourth-order valence-corrected chi connectivity index (χ4v) is 3.54. The number of nitrogens with one attached hydrogen (secondary N) is 1. The Labute approximate surface area is 141 Å². The lowest BCUT2D eigenvalue weighted by molar-refractivity contribution is -0.119. The van der Waals surface area contributed by atoms with E-state index in [4.69, 9.17) is 0 Å². The number of benzene rings is 1. The largest absolute Gasteiger partial charge is 0.348 e. The van der Waals surface area contributed by atoms with Crippen molar-refractivity contribution < 1.29 is 4.79 Å². The first-order valence-corrected chi connectivity index (χ1v) is 9.29. The Bertz CT molecular complexity index is 597. The van der Waals surface area contributed by atoms with Crippen molar-refractivity contribution in [3.05, 3.63) is 52.2 Å². The molecule has 1 atom stereocenters. The molecule has 1 N–H and O–H groups in total. The monoisotopic (exact) mass is 333 g/mol. The van der Waals surface area contributed by atoms with E-state index in [1.54, 1.807) is 23.1 Å². The maximum absolute atomic E-state index is 12.0. The van der Waals surface area contributed by atoms with Crippen molar-refractivity contribution in [3.63, 3.8) is 0 Å². The number of hydrogen-bond acceptors (Lipinski definition) is 3. The highest BCUT2D eigenvalue weighted by Crippen LogP contribution is 2.25. The zero-order valence-electron chi connectivity index (χ0n) is 13.6. The Hall–Kier alpha value is -1.26. The zero-order valence-corrected chi connectivity index (χ0v) is 15.2. The highest BCUT2D eigenvalue weighted by molar-refractivity contribution is 8.00. The van der Waals surface area contributed by atoms with E-state index in [0.717, 1.165) is 4.90 Å². The number of rotatable bonds is 5. The van der Waals surface area contributed by atoms with Crippen LogP contribution in [0.15, 0.2) is 46.7 Å². The number of thiophene rings is 1. The summed E-state index contributed by atoms with van der Waals surface area (Å²) in [7, 11) is 0. The van der Waals surface area contributed by atoms with Gasteiger partial charge in [-0.3, -0.25) is 4.79 Å². The van der Waals surface area contributed by atoms with Crippen molar-refractivity contribution in [1.29, 1.82) is 0 Å². The maximum Gasteiger partial charge on any atom is 0.230 e. The molecule has 118 valence electrons. The van der Waals surface area contributed by atoms with Gasteiger partial charge in [0.15, 0.2) is 0 Å². The molecule has 4 heteroatoms. The summed E-state index contributed by atoms with van der Waals surface area (Å²) in [6.45, 7) is 8.63. The molecule has 1 heterocycles. The molecular formula is C18H23NOS2. The van der Waals surface area contributed by atoms with E-state index in [1.807, 2.05) is 24.4 Å². The lowest BCUT2D eigenvalue weighted by Gasteiger charge is -2.19. The Morgan fingerprint density at radius 2 is 1.91 bits per heavy atom. The van der Waals surface area contributed by atoms with Gasteiger partial charge in [0, 0.05) is 9.77 Å². The van der Waals surface area contributed by atoms with Gasteiger partial charge in [0.25, 0.3) is 0 Å². The third-order valence-corrected chi connectivity index (χ3v) is 5.50. The van der Waals surface area contributed by atoms with Crippen LogP contribution in [0.2, 0.25) is 0 Å². The Morgan fingerprint density at radius 3 is 2.45 bits per heavy atom. The van der Waals surface area contributed by atoms with Crippen LogP contribution in [0.25, 0.3) is 0 Å². The van der Waals surface area contributed by atoms with Crippen LogP contribution < -0.4 is 5.32 Å². The molecule has 0 spiro atoms. The molecule has 1 aromatic carbocycles. The topological polar surface area (TPSA) is 29.1 Å². The minimum absolute atomic E-state index is 0.0748. The van der Waals surface area contributed by atoms with E-state index in [2.05, 4.69) is 50.4 Å². The Kier molecular flexibility index (Phi) is 5.70. The predicted octanol–water partition coefficient (Wildman–Crippen LogP) is 5.02. The summed E-state index contributed by atoms with van der Waals surface area (Å²) in [4.78, 5) is 14.3. The van der Waals surface area contributed by atoms with E-state index >= 15 is 0 Å². The molecule has 1 aromatic heterocycles. The van der Waals surface area contributed by atoms with Crippen molar-refractivity contribution in [3.8, 4) is 0 Å². The van der Waals surface area contributed by atoms with Crippen LogP contribution in [0.3, 0.4) is 0 Å². The number of carbonyl (C=O) groups is 1. The van der Waals surface area contributed by atoms with Crippen molar-refractivity contribution in [1.82, 2.24) is 5.32 Å². The first-order chi connectivity index (χ1) is 10.4. The van der Waals surface area contributed by atoms with Crippen LogP contribution in [-0.4, -0.2) is 11.7 Å².